The van der Waals surface area contributed by atoms with Crippen LogP contribution in [0.2, 0.25) is 0 Å². The Kier molecular flexibility index (Phi) is 4.55. The maximum Gasteiger partial charge on any atom is 0.245 e. The predicted molar refractivity (Wildman–Crippen MR) is 58.0 cm³/mol. The molecular weight excluding hydrogens is 252 g/mol. The van der Waals surface area contributed by atoms with Crippen LogP contribution in [0, 0.1) is 11.6 Å². The summed E-state index contributed by atoms with van der Waals surface area (Å²) in [7, 11) is -1.21. The van der Waals surface area contributed by atoms with Gasteiger partial charge in [-0.15, -0.1) is 0 Å². The third-order valence-electron chi connectivity index (χ3n) is 2.19. The van der Waals surface area contributed by atoms with Gasteiger partial charge in [-0.3, -0.25) is 0 Å². The topological polar surface area (TPSA) is 46.6 Å². The van der Waals surface area contributed by atoms with Crippen molar-refractivity contribution in [1.82, 2.24) is 4.31 Å². The van der Waals surface area contributed by atoms with Gasteiger partial charge in [-0.1, -0.05) is 0 Å². The smallest absolute Gasteiger partial charge is 0.245 e. The molecule has 0 N–H and O–H groups in total. The molecular formula is C10H13F2NO3S. The highest BCUT2D eigenvalue weighted by Gasteiger charge is 2.24. The van der Waals surface area contributed by atoms with E-state index in [9.17, 15) is 17.2 Å². The molecule has 0 aliphatic carbocycles. The highest BCUT2D eigenvalue weighted by atomic mass is 32.2. The van der Waals surface area contributed by atoms with Crippen LogP contribution in [0.5, 0.6) is 0 Å². The number of rotatable bonds is 5. The molecule has 0 heterocycles. The first-order valence-electron chi connectivity index (χ1n) is 4.80. The number of benzene rings is 1. The first-order valence-corrected chi connectivity index (χ1v) is 6.24. The zero-order valence-electron chi connectivity index (χ0n) is 9.48. The van der Waals surface area contributed by atoms with E-state index in [1.807, 2.05) is 0 Å². The van der Waals surface area contributed by atoms with Crippen LogP contribution in [0.25, 0.3) is 0 Å². The Hall–Kier alpha value is -1.05. The molecule has 0 radical (unpaired) electrons. The summed E-state index contributed by atoms with van der Waals surface area (Å²) in [5.41, 5.74) is 0. The number of nitrogens with zero attached hydrogens (tertiary/aromatic N) is 1. The van der Waals surface area contributed by atoms with E-state index < -0.39 is 26.6 Å². The van der Waals surface area contributed by atoms with Gasteiger partial charge in [-0.05, 0) is 12.1 Å². The van der Waals surface area contributed by atoms with Gasteiger partial charge in [0.05, 0.1) is 6.61 Å². The van der Waals surface area contributed by atoms with Crippen LogP contribution < -0.4 is 0 Å². The molecule has 96 valence electrons. The fourth-order valence-electron chi connectivity index (χ4n) is 1.19. The fraction of sp³-hybridized carbons (Fsp3) is 0.400. The fourth-order valence-corrected chi connectivity index (χ4v) is 2.39. The summed E-state index contributed by atoms with van der Waals surface area (Å²) in [5.74, 6) is -1.92. The molecule has 0 fully saturated rings. The molecule has 17 heavy (non-hydrogen) atoms. The highest BCUT2D eigenvalue weighted by molar-refractivity contribution is 7.89. The van der Waals surface area contributed by atoms with Crippen LogP contribution in [0.1, 0.15) is 0 Å². The lowest BCUT2D eigenvalue weighted by molar-refractivity contribution is 0.185. The number of likely N-dealkylation sites (N-methyl/N-ethyl adjacent to an activating group) is 1. The maximum atomic E-state index is 13.4. The zero-order valence-corrected chi connectivity index (χ0v) is 10.3. The summed E-state index contributed by atoms with van der Waals surface area (Å²) < 4.78 is 55.5. The molecule has 1 aromatic carbocycles. The van der Waals surface area contributed by atoms with Gasteiger partial charge < -0.3 is 4.74 Å². The maximum absolute atomic E-state index is 13.4. The van der Waals surface area contributed by atoms with Gasteiger partial charge >= 0.3 is 0 Å². The molecule has 1 aromatic rings. The quantitative estimate of drug-likeness (QED) is 0.804. The van der Waals surface area contributed by atoms with Gasteiger partial charge in [0.15, 0.2) is 0 Å². The van der Waals surface area contributed by atoms with E-state index in [1.54, 1.807) is 0 Å². The summed E-state index contributed by atoms with van der Waals surface area (Å²) in [5, 5.41) is 0. The van der Waals surface area contributed by atoms with E-state index in [4.69, 9.17) is 4.74 Å². The Labute approximate surface area is 98.9 Å². The van der Waals surface area contributed by atoms with E-state index in [1.165, 1.54) is 14.2 Å². The van der Waals surface area contributed by atoms with Crippen molar-refractivity contribution in [3.8, 4) is 0 Å². The third-order valence-corrected chi connectivity index (χ3v) is 4.08. The van der Waals surface area contributed by atoms with Gasteiger partial charge in [0.2, 0.25) is 10.0 Å². The molecule has 4 nitrogen and oxygen atoms in total. The second kappa shape index (κ2) is 5.52. The van der Waals surface area contributed by atoms with Crippen molar-refractivity contribution in [2.45, 2.75) is 4.90 Å². The predicted octanol–water partition coefficient (Wildman–Crippen LogP) is 1.23. The molecule has 0 unspecified atom stereocenters. The van der Waals surface area contributed by atoms with Gasteiger partial charge in [-0.2, -0.15) is 4.31 Å². The minimum absolute atomic E-state index is 0.0929. The number of ether oxygens (including phenoxy) is 1. The van der Waals surface area contributed by atoms with Crippen molar-refractivity contribution >= 4 is 10.0 Å². The van der Waals surface area contributed by atoms with Crippen LogP contribution in [-0.2, 0) is 14.8 Å². The lowest BCUT2D eigenvalue weighted by Crippen LogP contribution is -2.30. The molecule has 0 saturated carbocycles. The minimum Gasteiger partial charge on any atom is -0.383 e. The number of hydrogen-bond donors (Lipinski definition) is 0. The van der Waals surface area contributed by atoms with E-state index in [0.29, 0.717) is 6.07 Å². The van der Waals surface area contributed by atoms with Crippen molar-refractivity contribution in [2.24, 2.45) is 0 Å². The lowest BCUT2D eigenvalue weighted by Gasteiger charge is -2.16. The molecule has 0 aromatic heterocycles. The molecule has 0 aliphatic heterocycles. The zero-order chi connectivity index (χ0) is 13.1. The van der Waals surface area contributed by atoms with Crippen molar-refractivity contribution < 1.29 is 21.9 Å². The molecule has 0 amide bonds. The van der Waals surface area contributed by atoms with E-state index in [0.717, 1.165) is 16.4 Å². The first-order chi connectivity index (χ1) is 7.89. The monoisotopic (exact) mass is 265 g/mol. The summed E-state index contributed by atoms with van der Waals surface area (Å²) in [6, 6.07) is 2.35. The second-order valence-electron chi connectivity index (χ2n) is 3.39. The van der Waals surface area contributed by atoms with Gasteiger partial charge in [0.25, 0.3) is 0 Å². The summed E-state index contributed by atoms with van der Waals surface area (Å²) in [4.78, 5) is -0.544. The largest absolute Gasteiger partial charge is 0.383 e. The Morgan fingerprint density at radius 3 is 2.53 bits per heavy atom. The van der Waals surface area contributed by atoms with E-state index in [-0.39, 0.29) is 13.2 Å². The van der Waals surface area contributed by atoms with Crippen LogP contribution in [0.4, 0.5) is 8.78 Å². The standard InChI is InChI=1S/C10H13F2NO3S/c1-13(5-6-16-2)17(14,15)10-4-3-8(11)7-9(10)12/h3-4,7H,5-6H2,1-2H3. The van der Waals surface area contributed by atoms with E-state index in [2.05, 4.69) is 0 Å². The molecule has 0 saturated heterocycles. The Morgan fingerprint density at radius 2 is 2.00 bits per heavy atom. The summed E-state index contributed by atoms with van der Waals surface area (Å²) in [6.45, 7) is 0.286. The SMILES string of the molecule is COCCN(C)S(=O)(=O)c1ccc(F)cc1F. The van der Waals surface area contributed by atoms with Crippen molar-refractivity contribution in [3.05, 3.63) is 29.8 Å². The molecule has 0 atom stereocenters. The third kappa shape index (κ3) is 3.21. The number of methoxy groups -OCH3 is 1. The minimum atomic E-state index is -3.95. The van der Waals surface area contributed by atoms with Crippen LogP contribution >= 0.6 is 0 Å². The van der Waals surface area contributed by atoms with Gasteiger partial charge in [0, 0.05) is 26.8 Å². The Bertz CT molecular complexity index is 490. The van der Waals surface area contributed by atoms with Crippen LogP contribution in [0.15, 0.2) is 23.1 Å². The van der Waals surface area contributed by atoms with Crippen molar-refractivity contribution in [2.75, 3.05) is 27.3 Å². The van der Waals surface area contributed by atoms with E-state index >= 15 is 0 Å². The first kappa shape index (κ1) is 14.0. The number of hydrogen-bond acceptors (Lipinski definition) is 3. The average Bonchev–Trinajstić information content (AvgIpc) is 2.25. The highest BCUT2D eigenvalue weighted by Crippen LogP contribution is 2.18. The Morgan fingerprint density at radius 1 is 1.35 bits per heavy atom. The lowest BCUT2D eigenvalue weighted by atomic mass is 10.3. The number of halogens is 2. The molecule has 0 aliphatic rings. The van der Waals surface area contributed by atoms with Crippen molar-refractivity contribution in [3.63, 3.8) is 0 Å². The van der Waals surface area contributed by atoms with Crippen molar-refractivity contribution in [1.29, 1.82) is 0 Å². The van der Waals surface area contributed by atoms with Gasteiger partial charge in [0.1, 0.15) is 16.5 Å². The molecule has 0 bridgehead atoms. The van der Waals surface area contributed by atoms with Crippen LogP contribution in [0.3, 0.4) is 0 Å². The Balaban J connectivity index is 3.04. The van der Waals surface area contributed by atoms with Gasteiger partial charge in [-0.25, -0.2) is 17.2 Å². The average molecular weight is 265 g/mol. The molecule has 1 rings (SSSR count). The number of sulfonamides is 1. The van der Waals surface area contributed by atoms with Crippen LogP contribution in [-0.4, -0.2) is 40.0 Å². The summed E-state index contributed by atoms with van der Waals surface area (Å²) >= 11 is 0. The second-order valence-corrected chi connectivity index (χ2v) is 5.41. The molecule has 0 spiro atoms. The molecule has 7 heteroatoms. The summed E-state index contributed by atoms with van der Waals surface area (Å²) in [6.07, 6.45) is 0. The normalized spacial score (nSPS) is 12.1.